The molecule has 0 spiro atoms. The molecule has 3 aliphatic rings. The topological polar surface area (TPSA) is 57.7 Å². The van der Waals surface area contributed by atoms with Gasteiger partial charge in [-0.05, 0) is 73.2 Å². The van der Waals surface area contributed by atoms with Gasteiger partial charge in [0.25, 0.3) is 0 Å². The first-order valence-corrected chi connectivity index (χ1v) is 13.3. The zero-order valence-corrected chi connectivity index (χ0v) is 20.6. The minimum atomic E-state index is -0.242. The number of imide groups is 1. The van der Waals surface area contributed by atoms with Crippen LogP contribution in [0.1, 0.15) is 24.0 Å². The van der Waals surface area contributed by atoms with E-state index in [4.69, 9.17) is 0 Å². The fourth-order valence-electron chi connectivity index (χ4n) is 5.50. The molecule has 1 saturated heterocycles. The molecule has 180 valence electrons. The van der Waals surface area contributed by atoms with Gasteiger partial charge in [-0.2, -0.15) is 0 Å². The number of anilines is 3. The predicted octanol–water partition coefficient (Wildman–Crippen LogP) is 5.70. The minimum Gasteiger partial charge on any atom is -0.280 e. The number of thioether (sulfide) groups is 1. The van der Waals surface area contributed by atoms with Gasteiger partial charge in [0.05, 0.1) is 34.7 Å². The summed E-state index contributed by atoms with van der Waals surface area (Å²) in [5, 5.41) is 0. The lowest BCUT2D eigenvalue weighted by atomic mass is 9.85. The highest BCUT2D eigenvalue weighted by Gasteiger charge is 2.47. The molecule has 2 atom stereocenters. The Balaban J connectivity index is 1.19. The number of hydrogen-bond donors (Lipinski definition) is 0. The number of benzene rings is 3. The number of amides is 3. The van der Waals surface area contributed by atoms with E-state index in [1.54, 1.807) is 0 Å². The Morgan fingerprint density at radius 2 is 1.28 bits per heavy atom. The van der Waals surface area contributed by atoms with Crippen LogP contribution in [0.15, 0.2) is 89.8 Å². The summed E-state index contributed by atoms with van der Waals surface area (Å²) in [5.41, 5.74) is 4.85. The van der Waals surface area contributed by atoms with Crippen LogP contribution < -0.4 is 9.80 Å². The Morgan fingerprint density at radius 1 is 0.750 bits per heavy atom. The number of carbonyl (C=O) groups excluding carboxylic acids is 3. The number of aryl methyl sites for hydroxylation is 2. The van der Waals surface area contributed by atoms with Crippen LogP contribution in [-0.2, 0) is 27.2 Å². The quantitative estimate of drug-likeness (QED) is 0.265. The summed E-state index contributed by atoms with van der Waals surface area (Å²) in [6.45, 7) is 0. The second-order valence-electron chi connectivity index (χ2n) is 9.44. The van der Waals surface area contributed by atoms with E-state index in [2.05, 4.69) is 12.1 Å². The summed E-state index contributed by atoms with van der Waals surface area (Å²) in [6.07, 6.45) is 7.05. The van der Waals surface area contributed by atoms with Crippen molar-refractivity contribution in [2.24, 2.45) is 11.8 Å². The van der Waals surface area contributed by atoms with Gasteiger partial charge in [0.1, 0.15) is 0 Å². The molecule has 0 radical (unpaired) electrons. The normalized spacial score (nSPS) is 20.6. The summed E-state index contributed by atoms with van der Waals surface area (Å²) < 4.78 is 0. The highest BCUT2D eigenvalue weighted by atomic mass is 32.2. The largest absolute Gasteiger partial charge is 0.280 e. The second-order valence-corrected chi connectivity index (χ2v) is 10.5. The SMILES string of the molecule is O=C1[C@H]2CC=CC[C@H]2C(=O)N1c1ccc(SCC(=O)N2c3ccccc3CCc3ccccc32)cc1. The van der Waals surface area contributed by atoms with E-state index in [1.165, 1.54) is 27.8 Å². The summed E-state index contributed by atoms with van der Waals surface area (Å²) >= 11 is 1.46. The van der Waals surface area contributed by atoms with Crippen molar-refractivity contribution in [2.45, 2.75) is 30.6 Å². The number of hydrogen-bond acceptors (Lipinski definition) is 4. The Labute approximate surface area is 214 Å². The fraction of sp³-hybridized carbons (Fsp3) is 0.233. The third kappa shape index (κ3) is 3.95. The van der Waals surface area contributed by atoms with Crippen molar-refractivity contribution in [1.82, 2.24) is 0 Å². The molecule has 6 heteroatoms. The van der Waals surface area contributed by atoms with Crippen molar-refractivity contribution in [2.75, 3.05) is 15.6 Å². The molecule has 36 heavy (non-hydrogen) atoms. The maximum absolute atomic E-state index is 13.6. The van der Waals surface area contributed by atoms with Gasteiger partial charge in [-0.3, -0.25) is 24.2 Å². The summed E-state index contributed by atoms with van der Waals surface area (Å²) in [5.74, 6) is -0.402. The number of para-hydroxylation sites is 2. The Kier molecular flexibility index (Phi) is 5.97. The lowest BCUT2D eigenvalue weighted by molar-refractivity contribution is -0.122. The van der Waals surface area contributed by atoms with Crippen molar-refractivity contribution >= 4 is 46.5 Å². The smallest absolute Gasteiger partial charge is 0.241 e. The van der Waals surface area contributed by atoms with Crippen molar-refractivity contribution in [3.63, 3.8) is 0 Å². The highest BCUT2D eigenvalue weighted by molar-refractivity contribution is 8.00. The second kappa shape index (κ2) is 9.43. The van der Waals surface area contributed by atoms with E-state index in [-0.39, 0.29) is 35.3 Å². The lowest BCUT2D eigenvalue weighted by Crippen LogP contribution is -2.30. The molecule has 2 aliphatic heterocycles. The zero-order valence-electron chi connectivity index (χ0n) is 19.8. The van der Waals surface area contributed by atoms with Gasteiger partial charge in [-0.15, -0.1) is 11.8 Å². The monoisotopic (exact) mass is 494 g/mol. The van der Waals surface area contributed by atoms with Crippen LogP contribution in [-0.4, -0.2) is 23.5 Å². The molecule has 0 bridgehead atoms. The first kappa shape index (κ1) is 22.8. The molecule has 0 saturated carbocycles. The molecule has 6 rings (SSSR count). The van der Waals surface area contributed by atoms with Gasteiger partial charge in [0.2, 0.25) is 17.7 Å². The molecular formula is C30H26N2O3S. The van der Waals surface area contributed by atoms with E-state index in [0.717, 1.165) is 29.1 Å². The maximum atomic E-state index is 13.6. The van der Waals surface area contributed by atoms with Crippen molar-refractivity contribution < 1.29 is 14.4 Å². The molecule has 0 unspecified atom stereocenters. The van der Waals surface area contributed by atoms with E-state index < -0.39 is 0 Å². The molecule has 1 aliphatic carbocycles. The van der Waals surface area contributed by atoms with Crippen LogP contribution in [0.3, 0.4) is 0 Å². The molecule has 0 aromatic heterocycles. The van der Waals surface area contributed by atoms with E-state index in [9.17, 15) is 14.4 Å². The van der Waals surface area contributed by atoms with E-state index in [0.29, 0.717) is 18.5 Å². The number of rotatable bonds is 4. The highest BCUT2D eigenvalue weighted by Crippen LogP contribution is 2.39. The van der Waals surface area contributed by atoms with Crippen LogP contribution in [0.5, 0.6) is 0 Å². The van der Waals surface area contributed by atoms with Crippen LogP contribution in [0.2, 0.25) is 0 Å². The molecule has 5 nitrogen and oxygen atoms in total. The van der Waals surface area contributed by atoms with Gasteiger partial charge < -0.3 is 0 Å². The van der Waals surface area contributed by atoms with Gasteiger partial charge in [0.15, 0.2) is 0 Å². The van der Waals surface area contributed by atoms with Gasteiger partial charge in [0, 0.05) is 4.90 Å². The Morgan fingerprint density at radius 3 is 1.83 bits per heavy atom. The minimum absolute atomic E-state index is 0.0207. The van der Waals surface area contributed by atoms with Crippen molar-refractivity contribution in [3.8, 4) is 0 Å². The first-order chi connectivity index (χ1) is 17.6. The predicted molar refractivity (Wildman–Crippen MR) is 142 cm³/mol. The summed E-state index contributed by atoms with van der Waals surface area (Å²) in [7, 11) is 0. The third-order valence-electron chi connectivity index (χ3n) is 7.34. The van der Waals surface area contributed by atoms with E-state index >= 15 is 0 Å². The number of allylic oxidation sites excluding steroid dienone is 2. The Bertz CT molecular complexity index is 1310. The molecule has 2 heterocycles. The number of carbonyl (C=O) groups is 3. The molecule has 3 aromatic rings. The van der Waals surface area contributed by atoms with E-state index in [1.807, 2.05) is 77.7 Å². The molecule has 3 aromatic carbocycles. The fourth-order valence-corrected chi connectivity index (χ4v) is 6.25. The first-order valence-electron chi connectivity index (χ1n) is 12.4. The van der Waals surface area contributed by atoms with Crippen LogP contribution >= 0.6 is 11.8 Å². The van der Waals surface area contributed by atoms with Crippen molar-refractivity contribution in [1.29, 1.82) is 0 Å². The summed E-state index contributed by atoms with van der Waals surface area (Å²) in [4.78, 5) is 43.4. The summed E-state index contributed by atoms with van der Waals surface area (Å²) in [6, 6.07) is 23.6. The van der Waals surface area contributed by atoms with Crippen LogP contribution in [0.4, 0.5) is 17.1 Å². The zero-order chi connectivity index (χ0) is 24.6. The average Bonchev–Trinajstić information content (AvgIpc) is 3.07. The Hall–Kier alpha value is -3.64. The molecule has 1 fully saturated rings. The van der Waals surface area contributed by atoms with Gasteiger partial charge in [-0.1, -0.05) is 48.6 Å². The molecular weight excluding hydrogens is 468 g/mol. The molecule has 0 N–H and O–H groups in total. The number of nitrogens with zero attached hydrogens (tertiary/aromatic N) is 2. The lowest BCUT2D eigenvalue weighted by Gasteiger charge is -2.25. The van der Waals surface area contributed by atoms with Gasteiger partial charge >= 0.3 is 0 Å². The van der Waals surface area contributed by atoms with Gasteiger partial charge in [-0.25, -0.2) is 0 Å². The van der Waals surface area contributed by atoms with Crippen molar-refractivity contribution in [3.05, 3.63) is 96.1 Å². The average molecular weight is 495 g/mol. The standard InChI is InChI=1S/C30H26N2O3S/c33-28(32-26-11-5-1-7-20(26)13-14-21-8-2-6-12-27(21)32)19-36-23-17-15-22(16-18-23)31-29(34)24-9-3-4-10-25(24)30(31)35/h1-8,11-12,15-18,24-25H,9-10,13-14,19H2/t24-,25+. The maximum Gasteiger partial charge on any atom is 0.241 e. The molecule has 3 amide bonds. The number of fused-ring (bicyclic) bond motifs is 3. The third-order valence-corrected chi connectivity index (χ3v) is 8.34. The van der Waals surface area contributed by atoms with Crippen LogP contribution in [0, 0.1) is 11.8 Å². The van der Waals surface area contributed by atoms with Crippen LogP contribution in [0.25, 0.3) is 0 Å².